The second-order valence-electron chi connectivity index (χ2n) is 2.57. The second kappa shape index (κ2) is 5.55. The van der Waals surface area contributed by atoms with Crippen LogP contribution in [-0.4, -0.2) is 33.2 Å². The Morgan fingerprint density at radius 2 is 2.33 bits per heavy atom. The van der Waals surface area contributed by atoms with Gasteiger partial charge in [-0.05, 0) is 13.0 Å². The van der Waals surface area contributed by atoms with Crippen molar-refractivity contribution >= 4 is 27.7 Å². The maximum absolute atomic E-state index is 11.6. The number of carbonyl (C=O) groups excluding carboxylic acids is 2. The van der Waals surface area contributed by atoms with Gasteiger partial charge in [-0.25, -0.2) is 9.97 Å². The summed E-state index contributed by atoms with van der Waals surface area (Å²) in [6.45, 7) is 1.91. The number of hydrogen-bond donors (Lipinski definition) is 0. The molecule has 0 saturated carbocycles. The molecule has 0 aliphatic rings. The molecule has 0 spiro atoms. The Morgan fingerprint density at radius 3 is 2.87 bits per heavy atom. The van der Waals surface area contributed by atoms with Crippen LogP contribution >= 0.6 is 15.9 Å². The molecular formula is C9H9BrN2O3. The average molecular weight is 273 g/mol. The molecule has 0 fully saturated rings. The molecule has 1 aromatic rings. The van der Waals surface area contributed by atoms with E-state index in [1.165, 1.54) is 18.6 Å². The summed E-state index contributed by atoms with van der Waals surface area (Å²) in [6, 6.07) is 1.44. The lowest BCUT2D eigenvalue weighted by Crippen LogP contribution is -2.27. The van der Waals surface area contributed by atoms with E-state index in [0.717, 1.165) is 0 Å². The molecule has 0 aromatic carbocycles. The van der Waals surface area contributed by atoms with Crippen LogP contribution in [0.3, 0.4) is 0 Å². The van der Waals surface area contributed by atoms with E-state index in [1.807, 2.05) is 0 Å². The lowest BCUT2D eigenvalue weighted by Gasteiger charge is -2.06. The largest absolute Gasteiger partial charge is 0.465 e. The average Bonchev–Trinajstić information content (AvgIpc) is 2.28. The first-order chi connectivity index (χ1) is 7.16. The number of nitrogens with zero attached hydrogens (tertiary/aromatic N) is 2. The molecule has 0 radical (unpaired) electrons. The van der Waals surface area contributed by atoms with Crippen molar-refractivity contribution in [3.8, 4) is 0 Å². The Kier molecular flexibility index (Phi) is 4.36. The molecule has 0 aliphatic carbocycles. The van der Waals surface area contributed by atoms with Crippen molar-refractivity contribution in [2.45, 2.75) is 11.8 Å². The first kappa shape index (κ1) is 11.8. The Morgan fingerprint density at radius 1 is 1.60 bits per heavy atom. The van der Waals surface area contributed by atoms with Gasteiger partial charge in [0.15, 0.2) is 4.83 Å². The topological polar surface area (TPSA) is 69.2 Å². The third-order valence-electron chi connectivity index (χ3n) is 1.56. The Bertz CT molecular complexity index is 356. The summed E-state index contributed by atoms with van der Waals surface area (Å²) in [7, 11) is 0. The minimum Gasteiger partial charge on any atom is -0.465 e. The first-order valence-electron chi connectivity index (χ1n) is 4.27. The smallest absolute Gasteiger partial charge is 0.327 e. The fourth-order valence-electron chi connectivity index (χ4n) is 0.889. The fourth-order valence-corrected chi connectivity index (χ4v) is 1.26. The van der Waals surface area contributed by atoms with Crippen LogP contribution in [0, 0.1) is 0 Å². The first-order valence-corrected chi connectivity index (χ1v) is 5.19. The van der Waals surface area contributed by atoms with Gasteiger partial charge in [0.1, 0.15) is 12.0 Å². The van der Waals surface area contributed by atoms with E-state index in [4.69, 9.17) is 4.74 Å². The number of carbonyl (C=O) groups is 2. The molecule has 0 aliphatic heterocycles. The highest BCUT2D eigenvalue weighted by molar-refractivity contribution is 9.10. The van der Waals surface area contributed by atoms with Crippen molar-refractivity contribution < 1.29 is 14.3 Å². The zero-order chi connectivity index (χ0) is 11.3. The van der Waals surface area contributed by atoms with Gasteiger partial charge in [0, 0.05) is 6.20 Å². The van der Waals surface area contributed by atoms with Gasteiger partial charge >= 0.3 is 5.97 Å². The SMILES string of the molecule is CCOC(=O)C(Br)C(=O)c1ccncn1. The predicted octanol–water partition coefficient (Wildman–Crippen LogP) is 0.986. The molecule has 0 bridgehead atoms. The highest BCUT2D eigenvalue weighted by Crippen LogP contribution is 2.09. The van der Waals surface area contributed by atoms with Crippen LogP contribution in [0.1, 0.15) is 17.4 Å². The van der Waals surface area contributed by atoms with Crippen LogP contribution in [0.25, 0.3) is 0 Å². The number of esters is 1. The lowest BCUT2D eigenvalue weighted by molar-refractivity contribution is -0.141. The molecule has 0 N–H and O–H groups in total. The van der Waals surface area contributed by atoms with E-state index < -0.39 is 16.6 Å². The molecule has 1 atom stereocenters. The standard InChI is InChI=1S/C9H9BrN2O3/c1-2-15-9(14)7(10)8(13)6-3-4-11-5-12-6/h3-5,7H,2H2,1H3. The summed E-state index contributed by atoms with van der Waals surface area (Å²) >= 11 is 2.96. The summed E-state index contributed by atoms with van der Waals surface area (Å²) in [5, 5.41) is 0. The molecule has 1 heterocycles. The summed E-state index contributed by atoms with van der Waals surface area (Å²) in [4.78, 5) is 29.3. The molecule has 0 saturated heterocycles. The molecule has 1 aromatic heterocycles. The number of halogens is 1. The zero-order valence-corrected chi connectivity index (χ0v) is 9.60. The minimum absolute atomic E-state index is 0.180. The van der Waals surface area contributed by atoms with Crippen LogP contribution in [-0.2, 0) is 9.53 Å². The molecule has 80 valence electrons. The number of hydrogen-bond acceptors (Lipinski definition) is 5. The van der Waals surface area contributed by atoms with Crippen molar-refractivity contribution in [3.63, 3.8) is 0 Å². The van der Waals surface area contributed by atoms with E-state index in [2.05, 4.69) is 25.9 Å². The van der Waals surface area contributed by atoms with Crippen LogP contribution in [0.15, 0.2) is 18.6 Å². The molecule has 0 amide bonds. The van der Waals surface area contributed by atoms with Gasteiger partial charge in [-0.1, -0.05) is 15.9 Å². The highest BCUT2D eigenvalue weighted by atomic mass is 79.9. The monoisotopic (exact) mass is 272 g/mol. The zero-order valence-electron chi connectivity index (χ0n) is 8.01. The molecule has 6 heteroatoms. The van der Waals surface area contributed by atoms with Crippen LogP contribution in [0.5, 0.6) is 0 Å². The Hall–Kier alpha value is -1.30. The van der Waals surface area contributed by atoms with E-state index >= 15 is 0 Å². The quantitative estimate of drug-likeness (QED) is 0.354. The molecule has 5 nitrogen and oxygen atoms in total. The van der Waals surface area contributed by atoms with Crippen LogP contribution in [0.2, 0.25) is 0 Å². The number of Topliss-reactive ketones (excluding diaryl/α,β-unsaturated/α-hetero) is 1. The maximum Gasteiger partial charge on any atom is 0.327 e. The summed E-state index contributed by atoms with van der Waals surface area (Å²) < 4.78 is 4.70. The number of alkyl halides is 1. The predicted molar refractivity (Wildman–Crippen MR) is 55.7 cm³/mol. The number of aromatic nitrogens is 2. The van der Waals surface area contributed by atoms with Gasteiger partial charge in [0.25, 0.3) is 0 Å². The molecular weight excluding hydrogens is 264 g/mol. The minimum atomic E-state index is -1.01. The summed E-state index contributed by atoms with van der Waals surface area (Å²) in [5.74, 6) is -1.04. The van der Waals surface area contributed by atoms with Crippen molar-refractivity contribution in [2.75, 3.05) is 6.61 Å². The van der Waals surface area contributed by atoms with Crippen molar-refractivity contribution in [3.05, 3.63) is 24.3 Å². The van der Waals surface area contributed by atoms with Gasteiger partial charge in [0.05, 0.1) is 6.61 Å². The summed E-state index contributed by atoms with van der Waals surface area (Å²) in [6.07, 6.45) is 2.68. The van der Waals surface area contributed by atoms with Gasteiger partial charge in [-0.15, -0.1) is 0 Å². The third-order valence-corrected chi connectivity index (χ3v) is 2.35. The van der Waals surface area contributed by atoms with Crippen molar-refractivity contribution in [2.24, 2.45) is 0 Å². The van der Waals surface area contributed by atoms with Crippen LogP contribution < -0.4 is 0 Å². The van der Waals surface area contributed by atoms with E-state index in [1.54, 1.807) is 6.92 Å². The van der Waals surface area contributed by atoms with E-state index in [9.17, 15) is 9.59 Å². The fraction of sp³-hybridized carbons (Fsp3) is 0.333. The Labute approximate surface area is 95.0 Å². The second-order valence-corrected chi connectivity index (χ2v) is 3.49. The van der Waals surface area contributed by atoms with Crippen molar-refractivity contribution in [1.82, 2.24) is 9.97 Å². The number of ketones is 1. The van der Waals surface area contributed by atoms with Gasteiger partial charge in [0.2, 0.25) is 5.78 Å². The lowest BCUT2D eigenvalue weighted by atomic mass is 10.2. The Balaban J connectivity index is 2.73. The molecule has 15 heavy (non-hydrogen) atoms. The summed E-state index contributed by atoms with van der Waals surface area (Å²) in [5.41, 5.74) is 0.180. The van der Waals surface area contributed by atoms with Crippen LogP contribution in [0.4, 0.5) is 0 Å². The third kappa shape index (κ3) is 3.09. The van der Waals surface area contributed by atoms with Gasteiger partial charge < -0.3 is 4.74 Å². The normalized spacial score (nSPS) is 11.9. The van der Waals surface area contributed by atoms with Crippen molar-refractivity contribution in [1.29, 1.82) is 0 Å². The molecule has 1 unspecified atom stereocenters. The van der Waals surface area contributed by atoms with E-state index in [-0.39, 0.29) is 12.3 Å². The van der Waals surface area contributed by atoms with E-state index in [0.29, 0.717) is 0 Å². The van der Waals surface area contributed by atoms with Gasteiger partial charge in [-0.3, -0.25) is 9.59 Å². The molecule has 1 rings (SSSR count). The number of ether oxygens (including phenoxy) is 1. The maximum atomic E-state index is 11.6. The van der Waals surface area contributed by atoms with Gasteiger partial charge in [-0.2, -0.15) is 0 Å². The highest BCUT2D eigenvalue weighted by Gasteiger charge is 2.26. The number of rotatable bonds is 4.